The van der Waals surface area contributed by atoms with Crippen molar-refractivity contribution in [1.82, 2.24) is 0 Å². The summed E-state index contributed by atoms with van der Waals surface area (Å²) in [5.41, 5.74) is -0.565. The summed E-state index contributed by atoms with van der Waals surface area (Å²) >= 11 is 0. The van der Waals surface area contributed by atoms with Gasteiger partial charge >= 0.3 is 5.97 Å². The van der Waals surface area contributed by atoms with E-state index in [1.54, 1.807) is 6.92 Å². The molecule has 1 saturated heterocycles. The minimum absolute atomic E-state index is 0.0277. The molecule has 1 amide bonds. The first-order valence-corrected chi connectivity index (χ1v) is 6.81. The molecule has 1 aliphatic rings. The molecule has 4 unspecified atom stereocenters. The molecule has 0 radical (unpaired) electrons. The third kappa shape index (κ3) is 2.90. The molecule has 1 aliphatic heterocycles. The summed E-state index contributed by atoms with van der Waals surface area (Å²) in [4.78, 5) is 23.5. The van der Waals surface area contributed by atoms with Gasteiger partial charge in [0.1, 0.15) is 5.82 Å². The number of carboxylic acid groups (broad SMARTS) is 1. The van der Waals surface area contributed by atoms with Gasteiger partial charge in [-0.1, -0.05) is 13.0 Å². The summed E-state index contributed by atoms with van der Waals surface area (Å²) in [5, 5.41) is 11.5. The van der Waals surface area contributed by atoms with Crippen LogP contribution in [0.1, 0.15) is 31.1 Å². The molecule has 1 heterocycles. The molecular weight excluding hydrogens is 277 g/mol. The number of hydrogen-bond donors (Lipinski definition) is 2. The van der Waals surface area contributed by atoms with Crippen molar-refractivity contribution in [3.8, 4) is 0 Å². The molecule has 0 spiro atoms. The second-order valence-corrected chi connectivity index (χ2v) is 5.39. The molecule has 6 heteroatoms. The number of benzene rings is 1. The van der Waals surface area contributed by atoms with Crippen molar-refractivity contribution < 1.29 is 23.8 Å². The number of carboxylic acids is 1. The number of amides is 1. The Balaban J connectivity index is 2.26. The lowest BCUT2D eigenvalue weighted by molar-refractivity contribution is -0.122. The lowest BCUT2D eigenvalue weighted by Gasteiger charge is -2.19. The number of anilines is 1. The maximum Gasteiger partial charge on any atom is 0.337 e. The molecule has 5 nitrogen and oxygen atoms in total. The van der Waals surface area contributed by atoms with Crippen LogP contribution < -0.4 is 5.32 Å². The molecule has 1 aromatic carbocycles. The zero-order valence-electron chi connectivity index (χ0n) is 12.1. The second kappa shape index (κ2) is 5.81. The van der Waals surface area contributed by atoms with E-state index in [-0.39, 0.29) is 29.4 Å². The summed E-state index contributed by atoms with van der Waals surface area (Å²) in [7, 11) is 0. The first-order valence-electron chi connectivity index (χ1n) is 6.81. The van der Waals surface area contributed by atoms with Gasteiger partial charge in [-0.25, -0.2) is 9.18 Å². The van der Waals surface area contributed by atoms with Gasteiger partial charge in [0.2, 0.25) is 5.91 Å². The highest BCUT2D eigenvalue weighted by atomic mass is 19.1. The molecule has 114 valence electrons. The van der Waals surface area contributed by atoms with Crippen molar-refractivity contribution in [3.05, 3.63) is 29.6 Å². The Kier molecular flexibility index (Phi) is 4.27. The first-order chi connectivity index (χ1) is 9.82. The predicted molar refractivity (Wildman–Crippen MR) is 74.7 cm³/mol. The number of carbonyl (C=O) groups is 2. The Bertz CT molecular complexity index is 575. The van der Waals surface area contributed by atoms with Crippen LogP contribution in [-0.2, 0) is 9.53 Å². The number of halogens is 1. The van der Waals surface area contributed by atoms with Crippen LogP contribution in [0, 0.1) is 17.7 Å². The Morgan fingerprint density at radius 1 is 1.24 bits per heavy atom. The molecule has 2 N–H and O–H groups in total. The Morgan fingerprint density at radius 3 is 2.43 bits per heavy atom. The van der Waals surface area contributed by atoms with Gasteiger partial charge in [-0.05, 0) is 31.9 Å². The quantitative estimate of drug-likeness (QED) is 0.898. The van der Waals surface area contributed by atoms with Crippen LogP contribution in [0.4, 0.5) is 10.1 Å². The highest BCUT2D eigenvalue weighted by Crippen LogP contribution is 2.33. The summed E-state index contributed by atoms with van der Waals surface area (Å²) in [6.07, 6.45) is -0.370. The van der Waals surface area contributed by atoms with E-state index in [4.69, 9.17) is 9.84 Å². The summed E-state index contributed by atoms with van der Waals surface area (Å²) in [6.45, 7) is 5.54. The fraction of sp³-hybridized carbons (Fsp3) is 0.467. The van der Waals surface area contributed by atoms with Crippen LogP contribution in [-0.4, -0.2) is 29.2 Å². The van der Waals surface area contributed by atoms with Gasteiger partial charge in [-0.2, -0.15) is 0 Å². The minimum Gasteiger partial charge on any atom is -0.478 e. The van der Waals surface area contributed by atoms with Crippen LogP contribution in [0.25, 0.3) is 0 Å². The third-order valence-corrected chi connectivity index (χ3v) is 4.04. The van der Waals surface area contributed by atoms with Crippen LogP contribution >= 0.6 is 0 Å². The average Bonchev–Trinajstić information content (AvgIpc) is 2.65. The number of carbonyl (C=O) groups excluding carboxylic acids is 1. The highest BCUT2D eigenvalue weighted by molar-refractivity contribution is 6.01. The van der Waals surface area contributed by atoms with Gasteiger partial charge in [0.25, 0.3) is 0 Å². The van der Waals surface area contributed by atoms with Gasteiger partial charge in [0.05, 0.1) is 29.4 Å². The van der Waals surface area contributed by atoms with E-state index in [1.807, 2.05) is 13.8 Å². The van der Waals surface area contributed by atoms with E-state index in [2.05, 4.69) is 5.32 Å². The molecule has 0 saturated carbocycles. The van der Waals surface area contributed by atoms with E-state index in [9.17, 15) is 14.0 Å². The van der Waals surface area contributed by atoms with Gasteiger partial charge < -0.3 is 15.2 Å². The van der Waals surface area contributed by atoms with Crippen LogP contribution in [0.2, 0.25) is 0 Å². The zero-order valence-corrected chi connectivity index (χ0v) is 12.1. The van der Waals surface area contributed by atoms with Crippen LogP contribution in [0.3, 0.4) is 0 Å². The SMILES string of the molecule is CC1OC(C)C(C(=O)Nc2c(F)cccc2C(=O)O)C1C. The topological polar surface area (TPSA) is 75.6 Å². The molecular formula is C15H18FNO4. The minimum atomic E-state index is -1.29. The van der Waals surface area contributed by atoms with Gasteiger partial charge in [-0.15, -0.1) is 0 Å². The average molecular weight is 295 g/mol. The summed E-state index contributed by atoms with van der Waals surface area (Å²) in [6, 6.07) is 3.66. The summed E-state index contributed by atoms with van der Waals surface area (Å²) < 4.78 is 19.4. The fourth-order valence-electron chi connectivity index (χ4n) is 2.75. The van der Waals surface area contributed by atoms with Crippen molar-refractivity contribution in [3.63, 3.8) is 0 Å². The Labute approximate surface area is 122 Å². The van der Waals surface area contributed by atoms with E-state index in [0.717, 1.165) is 6.07 Å². The number of aromatic carboxylic acids is 1. The van der Waals surface area contributed by atoms with Crippen molar-refractivity contribution >= 4 is 17.6 Å². The molecule has 0 bridgehead atoms. The Morgan fingerprint density at radius 2 is 1.90 bits per heavy atom. The van der Waals surface area contributed by atoms with E-state index in [0.29, 0.717) is 0 Å². The van der Waals surface area contributed by atoms with E-state index >= 15 is 0 Å². The highest BCUT2D eigenvalue weighted by Gasteiger charge is 2.41. The van der Waals surface area contributed by atoms with Gasteiger partial charge in [0, 0.05) is 0 Å². The van der Waals surface area contributed by atoms with E-state index in [1.165, 1.54) is 12.1 Å². The van der Waals surface area contributed by atoms with Gasteiger partial charge in [0.15, 0.2) is 0 Å². The molecule has 0 aliphatic carbocycles. The Hall–Kier alpha value is -1.95. The zero-order chi connectivity index (χ0) is 15.7. The van der Waals surface area contributed by atoms with Crippen molar-refractivity contribution in [1.29, 1.82) is 0 Å². The standard InChI is InChI=1S/C15H18FNO4/c1-7-8(2)21-9(3)12(7)14(18)17-13-10(15(19)20)5-4-6-11(13)16/h4-9,12H,1-3H3,(H,17,18)(H,19,20). The number of nitrogens with one attached hydrogen (secondary N) is 1. The summed E-state index contributed by atoms with van der Waals surface area (Å²) in [5.74, 6) is -2.95. The number of rotatable bonds is 3. The largest absolute Gasteiger partial charge is 0.478 e. The maximum absolute atomic E-state index is 13.8. The first kappa shape index (κ1) is 15.4. The van der Waals surface area contributed by atoms with E-state index < -0.39 is 23.6 Å². The van der Waals surface area contributed by atoms with Crippen molar-refractivity contribution in [2.45, 2.75) is 33.0 Å². The third-order valence-electron chi connectivity index (χ3n) is 4.04. The van der Waals surface area contributed by atoms with Crippen LogP contribution in [0.15, 0.2) is 18.2 Å². The lowest BCUT2D eigenvalue weighted by atomic mass is 9.88. The molecule has 1 aromatic rings. The van der Waals surface area contributed by atoms with Gasteiger partial charge in [-0.3, -0.25) is 4.79 Å². The molecule has 21 heavy (non-hydrogen) atoms. The smallest absolute Gasteiger partial charge is 0.337 e. The monoisotopic (exact) mass is 295 g/mol. The predicted octanol–water partition coefficient (Wildman–Crippen LogP) is 2.52. The van der Waals surface area contributed by atoms with Crippen LogP contribution in [0.5, 0.6) is 0 Å². The lowest BCUT2D eigenvalue weighted by Crippen LogP contribution is -2.32. The maximum atomic E-state index is 13.8. The number of para-hydroxylation sites is 1. The fourth-order valence-corrected chi connectivity index (χ4v) is 2.75. The molecule has 1 fully saturated rings. The molecule has 4 atom stereocenters. The molecule has 0 aromatic heterocycles. The molecule has 2 rings (SSSR count). The van der Waals surface area contributed by atoms with Crippen molar-refractivity contribution in [2.24, 2.45) is 11.8 Å². The normalized spacial score (nSPS) is 28.4. The number of ether oxygens (including phenoxy) is 1. The second-order valence-electron chi connectivity index (χ2n) is 5.39. The van der Waals surface area contributed by atoms with Crippen molar-refractivity contribution in [2.75, 3.05) is 5.32 Å². The number of hydrogen-bond acceptors (Lipinski definition) is 3.